The van der Waals surface area contributed by atoms with E-state index in [9.17, 15) is 14.7 Å². The molecule has 170 valence electrons. The second kappa shape index (κ2) is 9.86. The van der Waals surface area contributed by atoms with Crippen LogP contribution >= 0.6 is 24.0 Å². The summed E-state index contributed by atoms with van der Waals surface area (Å²) in [6, 6.07) is 14.5. The number of hydrogen-bond donors (Lipinski definition) is 2. The van der Waals surface area contributed by atoms with Crippen LogP contribution in [0.2, 0.25) is 0 Å². The standard InChI is InChI=1S/C24H24N4O3S2/c1-15(2)14-28-23(31)19(33-24(28)32)12-17-21(25-13-18(29)16-8-4-3-5-9-16)26-20-10-6-7-11-27(20)22(17)30/h3-12,15,18,25,29H,13-14H2,1-2H3/b19-12-/t18-/m1/s1. The average molecular weight is 481 g/mol. The van der Waals surface area contributed by atoms with E-state index in [2.05, 4.69) is 10.3 Å². The second-order valence-corrected chi connectivity index (χ2v) is 9.78. The molecule has 0 radical (unpaired) electrons. The number of pyridine rings is 1. The van der Waals surface area contributed by atoms with Crippen molar-refractivity contribution >= 4 is 51.7 Å². The molecule has 2 N–H and O–H groups in total. The van der Waals surface area contributed by atoms with Crippen LogP contribution in [0.3, 0.4) is 0 Å². The van der Waals surface area contributed by atoms with Crippen LogP contribution in [-0.4, -0.2) is 42.7 Å². The van der Waals surface area contributed by atoms with E-state index in [1.807, 2.05) is 44.2 Å². The summed E-state index contributed by atoms with van der Waals surface area (Å²) in [4.78, 5) is 32.8. The number of aliphatic hydroxyl groups excluding tert-OH is 1. The van der Waals surface area contributed by atoms with Crippen LogP contribution in [0, 0.1) is 5.92 Å². The Morgan fingerprint density at radius 1 is 1.15 bits per heavy atom. The van der Waals surface area contributed by atoms with E-state index in [1.165, 1.54) is 16.2 Å². The molecule has 1 aromatic carbocycles. The molecule has 1 fully saturated rings. The first-order valence-electron chi connectivity index (χ1n) is 10.6. The largest absolute Gasteiger partial charge is 0.387 e. The lowest BCUT2D eigenvalue weighted by Crippen LogP contribution is -2.31. The van der Waals surface area contributed by atoms with Gasteiger partial charge in [-0.15, -0.1) is 0 Å². The molecule has 0 spiro atoms. The van der Waals surface area contributed by atoms with E-state index in [4.69, 9.17) is 12.2 Å². The SMILES string of the molecule is CC(C)CN1C(=O)/C(=C/c2c(NC[C@@H](O)c3ccccc3)nc3ccccn3c2=O)SC1=S. The number of nitrogens with zero attached hydrogens (tertiary/aromatic N) is 3. The predicted molar refractivity (Wildman–Crippen MR) is 136 cm³/mol. The topological polar surface area (TPSA) is 86.9 Å². The van der Waals surface area contributed by atoms with Gasteiger partial charge < -0.3 is 10.4 Å². The van der Waals surface area contributed by atoms with Gasteiger partial charge in [-0.25, -0.2) is 4.98 Å². The van der Waals surface area contributed by atoms with Gasteiger partial charge >= 0.3 is 0 Å². The van der Waals surface area contributed by atoms with Gasteiger partial charge in [0.05, 0.1) is 16.6 Å². The molecule has 7 nitrogen and oxygen atoms in total. The van der Waals surface area contributed by atoms with Gasteiger partial charge in [0, 0.05) is 19.3 Å². The Hall–Kier alpha value is -3.01. The molecule has 9 heteroatoms. The molecular formula is C24H24N4O3S2. The Bertz CT molecular complexity index is 1290. The summed E-state index contributed by atoms with van der Waals surface area (Å²) in [7, 11) is 0. The number of fused-ring (bicyclic) bond motifs is 1. The molecule has 3 heterocycles. The van der Waals surface area contributed by atoms with Gasteiger partial charge in [-0.2, -0.15) is 0 Å². The normalized spacial score (nSPS) is 16.2. The monoisotopic (exact) mass is 480 g/mol. The number of thioether (sulfide) groups is 1. The lowest BCUT2D eigenvalue weighted by Gasteiger charge is -2.16. The number of thiocarbonyl (C=S) groups is 1. The minimum absolute atomic E-state index is 0.147. The van der Waals surface area contributed by atoms with Crippen molar-refractivity contribution < 1.29 is 9.90 Å². The quantitative estimate of drug-likeness (QED) is 0.394. The molecular weight excluding hydrogens is 456 g/mol. The molecule has 4 rings (SSSR count). The van der Waals surface area contributed by atoms with Gasteiger partial charge in [-0.1, -0.05) is 74.2 Å². The number of rotatable bonds is 7. The van der Waals surface area contributed by atoms with Gasteiger partial charge in [0.15, 0.2) is 0 Å². The number of aromatic nitrogens is 2. The van der Waals surface area contributed by atoms with Gasteiger partial charge in [0.1, 0.15) is 15.8 Å². The molecule has 1 amide bonds. The second-order valence-electron chi connectivity index (χ2n) is 8.10. The molecule has 0 bridgehead atoms. The minimum Gasteiger partial charge on any atom is -0.387 e. The first-order chi connectivity index (χ1) is 15.8. The van der Waals surface area contributed by atoms with Crippen LogP contribution in [0.1, 0.15) is 31.1 Å². The minimum atomic E-state index is -0.792. The highest BCUT2D eigenvalue weighted by Gasteiger charge is 2.33. The van der Waals surface area contributed by atoms with E-state index in [0.29, 0.717) is 27.2 Å². The fraction of sp³-hybridized carbons (Fsp3) is 0.250. The third-order valence-electron chi connectivity index (χ3n) is 5.11. The summed E-state index contributed by atoms with van der Waals surface area (Å²) in [5, 5.41) is 13.7. The zero-order valence-corrected chi connectivity index (χ0v) is 19.9. The third kappa shape index (κ3) is 5.00. The molecule has 3 aromatic rings. The zero-order chi connectivity index (χ0) is 23.5. The summed E-state index contributed by atoms with van der Waals surface area (Å²) < 4.78 is 1.90. The van der Waals surface area contributed by atoms with Crippen molar-refractivity contribution in [1.82, 2.24) is 14.3 Å². The van der Waals surface area contributed by atoms with Crippen LogP contribution in [0.25, 0.3) is 11.7 Å². The highest BCUT2D eigenvalue weighted by molar-refractivity contribution is 8.26. The smallest absolute Gasteiger partial charge is 0.267 e. The molecule has 2 aromatic heterocycles. The molecule has 1 aliphatic rings. The van der Waals surface area contributed by atoms with Crippen molar-refractivity contribution in [3.8, 4) is 0 Å². The van der Waals surface area contributed by atoms with Crippen molar-refractivity contribution in [1.29, 1.82) is 0 Å². The van der Waals surface area contributed by atoms with Crippen molar-refractivity contribution in [3.63, 3.8) is 0 Å². The highest BCUT2D eigenvalue weighted by Crippen LogP contribution is 2.33. The number of nitrogens with one attached hydrogen (secondary N) is 1. The maximum absolute atomic E-state index is 13.3. The molecule has 1 aliphatic heterocycles. The lowest BCUT2D eigenvalue weighted by molar-refractivity contribution is -0.122. The van der Waals surface area contributed by atoms with Crippen LogP contribution in [0.5, 0.6) is 0 Å². The number of hydrogen-bond acceptors (Lipinski definition) is 7. The zero-order valence-electron chi connectivity index (χ0n) is 18.3. The van der Waals surface area contributed by atoms with Crippen molar-refractivity contribution in [3.05, 3.63) is 81.1 Å². The number of amides is 1. The molecule has 33 heavy (non-hydrogen) atoms. The van der Waals surface area contributed by atoms with Crippen molar-refractivity contribution in [2.75, 3.05) is 18.4 Å². The number of carbonyl (C=O) groups excluding carboxylic acids is 1. The maximum atomic E-state index is 13.3. The van der Waals surface area contributed by atoms with Crippen LogP contribution < -0.4 is 10.9 Å². The Kier molecular flexibility index (Phi) is 6.92. The summed E-state index contributed by atoms with van der Waals surface area (Å²) in [6.07, 6.45) is 2.39. The fourth-order valence-corrected chi connectivity index (χ4v) is 4.76. The van der Waals surface area contributed by atoms with E-state index in [1.54, 1.807) is 35.4 Å². The summed E-state index contributed by atoms with van der Waals surface area (Å²) >= 11 is 6.57. The highest BCUT2D eigenvalue weighted by atomic mass is 32.2. The predicted octanol–water partition coefficient (Wildman–Crippen LogP) is 3.70. The van der Waals surface area contributed by atoms with E-state index in [-0.39, 0.29) is 29.5 Å². The number of anilines is 1. The molecule has 1 atom stereocenters. The maximum Gasteiger partial charge on any atom is 0.267 e. The van der Waals surface area contributed by atoms with Gasteiger partial charge in [0.25, 0.3) is 11.5 Å². The first kappa shape index (κ1) is 23.2. The fourth-order valence-electron chi connectivity index (χ4n) is 3.51. The number of carbonyl (C=O) groups is 1. The summed E-state index contributed by atoms with van der Waals surface area (Å²) in [6.45, 7) is 4.70. The lowest BCUT2D eigenvalue weighted by atomic mass is 10.1. The molecule has 1 saturated heterocycles. The summed E-state index contributed by atoms with van der Waals surface area (Å²) in [5.41, 5.74) is 1.14. The molecule has 0 unspecified atom stereocenters. The van der Waals surface area contributed by atoms with E-state index >= 15 is 0 Å². The first-order valence-corrected chi connectivity index (χ1v) is 11.8. The average Bonchev–Trinajstić information content (AvgIpc) is 3.07. The third-order valence-corrected chi connectivity index (χ3v) is 6.49. The van der Waals surface area contributed by atoms with E-state index in [0.717, 1.165) is 5.56 Å². The Morgan fingerprint density at radius 3 is 2.61 bits per heavy atom. The number of aliphatic hydroxyl groups is 1. The van der Waals surface area contributed by atoms with Crippen molar-refractivity contribution in [2.45, 2.75) is 20.0 Å². The van der Waals surface area contributed by atoms with Gasteiger partial charge in [0.2, 0.25) is 0 Å². The van der Waals surface area contributed by atoms with Crippen LogP contribution in [0.15, 0.2) is 64.4 Å². The Balaban J connectivity index is 1.71. The summed E-state index contributed by atoms with van der Waals surface area (Å²) in [5.74, 6) is 0.346. The van der Waals surface area contributed by atoms with E-state index < -0.39 is 6.10 Å². The molecule has 0 saturated carbocycles. The van der Waals surface area contributed by atoms with Gasteiger partial charge in [-0.05, 0) is 29.7 Å². The van der Waals surface area contributed by atoms with Gasteiger partial charge in [-0.3, -0.25) is 18.9 Å². The van der Waals surface area contributed by atoms with Crippen LogP contribution in [-0.2, 0) is 4.79 Å². The number of benzene rings is 1. The Morgan fingerprint density at radius 2 is 1.88 bits per heavy atom. The van der Waals surface area contributed by atoms with Crippen LogP contribution in [0.4, 0.5) is 5.82 Å². The van der Waals surface area contributed by atoms with Crippen molar-refractivity contribution in [2.24, 2.45) is 5.92 Å². The molecule has 0 aliphatic carbocycles. The Labute approximate surface area is 201 Å².